The predicted molar refractivity (Wildman–Crippen MR) is 109 cm³/mol. The van der Waals surface area contributed by atoms with E-state index in [1.54, 1.807) is 0 Å². The number of aryl methyl sites for hydroxylation is 1. The molecule has 140 valence electrons. The minimum absolute atomic E-state index is 0.0531. The van der Waals surface area contributed by atoms with E-state index in [0.29, 0.717) is 11.4 Å². The van der Waals surface area contributed by atoms with E-state index in [2.05, 4.69) is 51.4 Å². The molecule has 0 saturated carbocycles. The van der Waals surface area contributed by atoms with Gasteiger partial charge in [0.25, 0.3) is 5.56 Å². The second-order valence-electron chi connectivity index (χ2n) is 7.13. The number of hydrogen-bond donors (Lipinski definition) is 2. The Morgan fingerprint density at radius 2 is 1.96 bits per heavy atom. The summed E-state index contributed by atoms with van der Waals surface area (Å²) in [5, 5.41) is 4.16. The number of H-pyrrole nitrogens is 1. The van der Waals surface area contributed by atoms with Crippen LogP contribution in [0.4, 0.5) is 0 Å². The van der Waals surface area contributed by atoms with Gasteiger partial charge in [0.15, 0.2) is 0 Å². The van der Waals surface area contributed by atoms with Crippen molar-refractivity contribution in [3.8, 4) is 0 Å². The molecule has 0 aliphatic carbocycles. The molecule has 2 heterocycles. The van der Waals surface area contributed by atoms with Gasteiger partial charge in [0.2, 0.25) is 0 Å². The molecule has 5 nitrogen and oxygen atoms in total. The molecule has 2 aromatic carbocycles. The van der Waals surface area contributed by atoms with E-state index in [-0.39, 0.29) is 5.56 Å². The molecule has 1 aromatic heterocycles. The van der Waals surface area contributed by atoms with Gasteiger partial charge >= 0.3 is 0 Å². The maximum Gasteiger partial charge on any atom is 0.258 e. The highest BCUT2D eigenvalue weighted by atomic mass is 16.1. The third-order valence-corrected chi connectivity index (χ3v) is 5.42. The maximum absolute atomic E-state index is 12.3. The molecule has 27 heavy (non-hydrogen) atoms. The first-order valence-corrected chi connectivity index (χ1v) is 9.76. The summed E-state index contributed by atoms with van der Waals surface area (Å²) < 4.78 is 0. The van der Waals surface area contributed by atoms with E-state index in [1.165, 1.54) is 11.1 Å². The molecule has 1 aliphatic rings. The fraction of sp³-hybridized carbons (Fsp3) is 0.364. The Hall–Kier alpha value is -2.50. The van der Waals surface area contributed by atoms with Crippen molar-refractivity contribution in [2.75, 3.05) is 26.2 Å². The number of aromatic nitrogens is 2. The monoisotopic (exact) mass is 362 g/mol. The van der Waals surface area contributed by atoms with Crippen molar-refractivity contribution in [3.63, 3.8) is 0 Å². The molecule has 0 radical (unpaired) electrons. The number of fused-ring (bicyclic) bond motifs is 1. The minimum Gasteiger partial charge on any atom is -0.314 e. The van der Waals surface area contributed by atoms with E-state index in [4.69, 9.17) is 0 Å². The second-order valence-corrected chi connectivity index (χ2v) is 7.13. The number of hydrogen-bond acceptors (Lipinski definition) is 4. The molecule has 4 rings (SSSR count). The van der Waals surface area contributed by atoms with Crippen LogP contribution in [-0.2, 0) is 12.8 Å². The van der Waals surface area contributed by atoms with E-state index in [9.17, 15) is 4.79 Å². The number of aromatic amines is 1. The Labute approximate surface area is 159 Å². The Kier molecular flexibility index (Phi) is 5.32. The zero-order valence-electron chi connectivity index (χ0n) is 15.7. The SMILES string of the molecule is CCc1ccc(C2CNCCN2CCc2nc3ccccc3c(=O)[nH]2)cc1. The van der Waals surface area contributed by atoms with Crippen LogP contribution in [0.3, 0.4) is 0 Å². The van der Waals surface area contributed by atoms with Gasteiger partial charge in [0.05, 0.1) is 10.9 Å². The summed E-state index contributed by atoms with van der Waals surface area (Å²) in [6.07, 6.45) is 1.80. The van der Waals surface area contributed by atoms with E-state index >= 15 is 0 Å². The van der Waals surface area contributed by atoms with Gasteiger partial charge in [-0.25, -0.2) is 4.98 Å². The van der Waals surface area contributed by atoms with Gasteiger partial charge in [-0.3, -0.25) is 9.69 Å². The van der Waals surface area contributed by atoms with Crippen LogP contribution in [-0.4, -0.2) is 41.0 Å². The number of piperazine rings is 1. The molecule has 1 saturated heterocycles. The van der Waals surface area contributed by atoms with Crippen LogP contribution in [0.1, 0.15) is 29.9 Å². The zero-order chi connectivity index (χ0) is 18.6. The van der Waals surface area contributed by atoms with Gasteiger partial charge in [-0.05, 0) is 29.7 Å². The molecule has 5 heteroatoms. The average Bonchev–Trinajstić information content (AvgIpc) is 2.73. The molecule has 1 aliphatic heterocycles. The first-order chi connectivity index (χ1) is 13.2. The summed E-state index contributed by atoms with van der Waals surface area (Å²) in [6, 6.07) is 16.8. The Balaban J connectivity index is 1.51. The largest absolute Gasteiger partial charge is 0.314 e. The van der Waals surface area contributed by atoms with Crippen LogP contribution in [0.15, 0.2) is 53.3 Å². The molecule has 1 fully saturated rings. The quantitative estimate of drug-likeness (QED) is 0.733. The summed E-state index contributed by atoms with van der Waals surface area (Å²) in [7, 11) is 0. The van der Waals surface area contributed by atoms with Crippen LogP contribution in [0.25, 0.3) is 10.9 Å². The standard InChI is InChI=1S/C22H26N4O/c1-2-16-7-9-17(10-8-16)20-15-23-12-14-26(20)13-11-21-24-19-6-4-3-5-18(19)22(27)25-21/h3-10,20,23H,2,11-15H2,1H3,(H,24,25,27). The fourth-order valence-corrected chi connectivity index (χ4v) is 3.82. The number of rotatable bonds is 5. The van der Waals surface area contributed by atoms with Crippen molar-refractivity contribution in [3.05, 3.63) is 75.8 Å². The van der Waals surface area contributed by atoms with E-state index < -0.39 is 0 Å². The highest BCUT2D eigenvalue weighted by Crippen LogP contribution is 2.23. The lowest BCUT2D eigenvalue weighted by molar-refractivity contribution is 0.163. The molecule has 3 aromatic rings. The summed E-state index contributed by atoms with van der Waals surface area (Å²) in [6.45, 7) is 6.00. The maximum atomic E-state index is 12.3. The molecular weight excluding hydrogens is 336 g/mol. The Morgan fingerprint density at radius 1 is 1.15 bits per heavy atom. The molecule has 1 atom stereocenters. The van der Waals surface area contributed by atoms with Crippen LogP contribution >= 0.6 is 0 Å². The highest BCUT2D eigenvalue weighted by Gasteiger charge is 2.23. The van der Waals surface area contributed by atoms with Crippen LogP contribution in [0, 0.1) is 0 Å². The lowest BCUT2D eigenvalue weighted by Gasteiger charge is -2.36. The lowest BCUT2D eigenvalue weighted by Crippen LogP contribution is -2.46. The van der Waals surface area contributed by atoms with E-state index in [0.717, 1.165) is 50.4 Å². The molecule has 2 N–H and O–H groups in total. The van der Waals surface area contributed by atoms with Crippen molar-refractivity contribution in [2.45, 2.75) is 25.8 Å². The average molecular weight is 362 g/mol. The topological polar surface area (TPSA) is 61.0 Å². The summed E-state index contributed by atoms with van der Waals surface area (Å²) in [5.41, 5.74) is 3.43. The number of benzene rings is 2. The van der Waals surface area contributed by atoms with Gasteiger partial charge < -0.3 is 10.3 Å². The number of nitrogens with one attached hydrogen (secondary N) is 2. The smallest absolute Gasteiger partial charge is 0.258 e. The lowest BCUT2D eigenvalue weighted by atomic mass is 10.0. The second kappa shape index (κ2) is 8.03. The van der Waals surface area contributed by atoms with Crippen molar-refractivity contribution in [1.29, 1.82) is 0 Å². The molecule has 1 unspecified atom stereocenters. The zero-order valence-corrected chi connectivity index (χ0v) is 15.7. The predicted octanol–water partition coefficient (Wildman–Crippen LogP) is 2.67. The minimum atomic E-state index is -0.0531. The van der Waals surface area contributed by atoms with Gasteiger partial charge in [-0.1, -0.05) is 43.3 Å². The van der Waals surface area contributed by atoms with Crippen molar-refractivity contribution < 1.29 is 0 Å². The van der Waals surface area contributed by atoms with Gasteiger partial charge in [0, 0.05) is 38.6 Å². The molecule has 0 amide bonds. The Morgan fingerprint density at radius 3 is 2.78 bits per heavy atom. The fourth-order valence-electron chi connectivity index (χ4n) is 3.82. The third kappa shape index (κ3) is 3.94. The summed E-state index contributed by atoms with van der Waals surface area (Å²) in [5.74, 6) is 0.761. The first kappa shape index (κ1) is 17.9. The third-order valence-electron chi connectivity index (χ3n) is 5.42. The summed E-state index contributed by atoms with van der Waals surface area (Å²) >= 11 is 0. The first-order valence-electron chi connectivity index (χ1n) is 9.76. The normalized spacial score (nSPS) is 18.0. The van der Waals surface area contributed by atoms with Gasteiger partial charge in [0.1, 0.15) is 5.82 Å². The van der Waals surface area contributed by atoms with E-state index in [1.807, 2.05) is 24.3 Å². The number of nitrogens with zero attached hydrogens (tertiary/aromatic N) is 2. The van der Waals surface area contributed by atoms with Crippen LogP contribution in [0.5, 0.6) is 0 Å². The molecule has 0 spiro atoms. The van der Waals surface area contributed by atoms with Gasteiger partial charge in [-0.2, -0.15) is 0 Å². The van der Waals surface area contributed by atoms with Crippen molar-refractivity contribution >= 4 is 10.9 Å². The van der Waals surface area contributed by atoms with Crippen LogP contribution in [0.2, 0.25) is 0 Å². The highest BCUT2D eigenvalue weighted by molar-refractivity contribution is 5.77. The van der Waals surface area contributed by atoms with Crippen molar-refractivity contribution in [1.82, 2.24) is 20.2 Å². The number of para-hydroxylation sites is 1. The van der Waals surface area contributed by atoms with Crippen LogP contribution < -0.4 is 10.9 Å². The summed E-state index contributed by atoms with van der Waals surface area (Å²) in [4.78, 5) is 22.4. The Bertz CT molecular complexity index is 964. The molecular formula is C22H26N4O. The van der Waals surface area contributed by atoms with Crippen molar-refractivity contribution in [2.24, 2.45) is 0 Å². The van der Waals surface area contributed by atoms with Gasteiger partial charge in [-0.15, -0.1) is 0 Å². The molecule has 0 bridgehead atoms.